The van der Waals surface area contributed by atoms with Crippen molar-refractivity contribution in [3.8, 4) is 5.75 Å². The van der Waals surface area contributed by atoms with Gasteiger partial charge in [0.05, 0.1) is 5.71 Å². The Labute approximate surface area is 143 Å². The molecule has 1 aromatic rings. The van der Waals surface area contributed by atoms with Crippen molar-refractivity contribution in [2.75, 3.05) is 13.2 Å². The molecule has 0 heterocycles. The summed E-state index contributed by atoms with van der Waals surface area (Å²) in [7, 11) is 0. The molecule has 0 bridgehead atoms. The number of rotatable bonds is 6. The molecule has 1 aliphatic rings. The number of aryl methyl sites for hydroxylation is 2. The predicted molar refractivity (Wildman–Crippen MR) is 95.1 cm³/mol. The van der Waals surface area contributed by atoms with E-state index < -0.39 is 0 Å². The second-order valence-electron chi connectivity index (χ2n) is 5.69. The summed E-state index contributed by atoms with van der Waals surface area (Å²) in [6.07, 6.45) is 4.48. The van der Waals surface area contributed by atoms with Crippen LogP contribution in [0.1, 0.15) is 31.4 Å². The smallest absolute Gasteiger partial charge is 0.221 e. The minimum absolute atomic E-state index is 0.128. The van der Waals surface area contributed by atoms with Crippen LogP contribution in [0.15, 0.2) is 46.8 Å². The summed E-state index contributed by atoms with van der Waals surface area (Å²) in [6, 6.07) is 6.09. The lowest BCUT2D eigenvalue weighted by atomic mass is 10.0. The number of hydrogen-bond acceptors (Lipinski definition) is 4. The number of benzene rings is 1. The lowest BCUT2D eigenvalue weighted by Crippen LogP contribution is -2.26. The van der Waals surface area contributed by atoms with Gasteiger partial charge in [-0.05, 0) is 44.0 Å². The van der Waals surface area contributed by atoms with Gasteiger partial charge in [0.1, 0.15) is 19.0 Å². The largest absolute Gasteiger partial charge is 0.488 e. The van der Waals surface area contributed by atoms with Crippen LogP contribution in [-0.2, 0) is 9.63 Å². The molecule has 1 aromatic carbocycles. The summed E-state index contributed by atoms with van der Waals surface area (Å²) in [5.74, 6) is 0.700. The third-order valence-electron chi connectivity index (χ3n) is 3.60. The van der Waals surface area contributed by atoms with Crippen molar-refractivity contribution in [3.05, 3.63) is 52.7 Å². The molecule has 0 radical (unpaired) electrons. The summed E-state index contributed by atoms with van der Waals surface area (Å²) in [6.45, 7) is 8.21. The lowest BCUT2D eigenvalue weighted by molar-refractivity contribution is -0.118. The number of allylic oxidation sites excluding steroid dienone is 2. The molecule has 1 amide bonds. The Balaban J connectivity index is 2.27. The molecule has 1 aliphatic carbocycles. The van der Waals surface area contributed by atoms with Crippen molar-refractivity contribution in [2.45, 2.75) is 34.1 Å². The van der Waals surface area contributed by atoms with E-state index >= 15 is 0 Å². The zero-order valence-corrected chi connectivity index (χ0v) is 14.7. The molecule has 24 heavy (non-hydrogen) atoms. The van der Waals surface area contributed by atoms with Crippen LogP contribution in [0.2, 0.25) is 0 Å². The molecule has 0 spiro atoms. The molecule has 0 aliphatic heterocycles. The zero-order valence-electron chi connectivity index (χ0n) is 14.7. The quantitative estimate of drug-likeness (QED) is 0.814. The van der Waals surface area contributed by atoms with E-state index in [1.807, 2.05) is 45.1 Å². The third kappa shape index (κ3) is 4.72. The first-order valence-electron chi connectivity index (χ1n) is 8.07. The zero-order chi connectivity index (χ0) is 17.5. The number of amides is 1. The van der Waals surface area contributed by atoms with Gasteiger partial charge in [0.2, 0.25) is 5.91 Å². The SMILES string of the molecule is CCO/N=C1\CC=CC(NC(C)=O)=C1COc1cc(C)ccc1C. The number of oxime groups is 1. The summed E-state index contributed by atoms with van der Waals surface area (Å²) >= 11 is 0. The maximum Gasteiger partial charge on any atom is 0.221 e. The van der Waals surface area contributed by atoms with E-state index in [1.165, 1.54) is 6.92 Å². The highest BCUT2D eigenvalue weighted by Gasteiger charge is 2.18. The Morgan fingerprint density at radius 2 is 2.12 bits per heavy atom. The Kier molecular flexibility index (Phi) is 6.18. The molecule has 0 saturated carbocycles. The highest BCUT2D eigenvalue weighted by molar-refractivity contribution is 6.03. The van der Waals surface area contributed by atoms with E-state index in [2.05, 4.69) is 16.5 Å². The summed E-state index contributed by atoms with van der Waals surface area (Å²) in [5.41, 5.74) is 4.52. The second kappa shape index (κ2) is 8.34. The maximum absolute atomic E-state index is 11.5. The van der Waals surface area contributed by atoms with Gasteiger partial charge in [0.25, 0.3) is 0 Å². The van der Waals surface area contributed by atoms with Crippen molar-refractivity contribution < 1.29 is 14.4 Å². The number of carbonyl (C=O) groups excluding carboxylic acids is 1. The molecule has 0 saturated heterocycles. The fraction of sp³-hybridized carbons (Fsp3) is 0.368. The van der Waals surface area contributed by atoms with E-state index in [0.29, 0.717) is 25.3 Å². The number of carbonyl (C=O) groups is 1. The molecular formula is C19H24N2O3. The minimum Gasteiger partial charge on any atom is -0.488 e. The molecular weight excluding hydrogens is 304 g/mol. The Morgan fingerprint density at radius 1 is 1.33 bits per heavy atom. The number of ether oxygens (including phenoxy) is 1. The van der Waals surface area contributed by atoms with Gasteiger partial charge in [-0.15, -0.1) is 0 Å². The third-order valence-corrected chi connectivity index (χ3v) is 3.60. The molecule has 0 aromatic heterocycles. The van der Waals surface area contributed by atoms with Crippen LogP contribution in [0.3, 0.4) is 0 Å². The molecule has 5 heteroatoms. The number of hydrogen-bond donors (Lipinski definition) is 1. The topological polar surface area (TPSA) is 59.9 Å². The van der Waals surface area contributed by atoms with Crippen molar-refractivity contribution in [3.63, 3.8) is 0 Å². The lowest BCUT2D eigenvalue weighted by Gasteiger charge is -2.19. The molecule has 128 valence electrons. The van der Waals surface area contributed by atoms with Crippen molar-refractivity contribution in [1.29, 1.82) is 0 Å². The Bertz CT molecular complexity index is 703. The van der Waals surface area contributed by atoms with Gasteiger partial charge >= 0.3 is 0 Å². The molecule has 0 atom stereocenters. The fourth-order valence-electron chi connectivity index (χ4n) is 2.38. The van der Waals surface area contributed by atoms with Gasteiger partial charge < -0.3 is 14.9 Å². The van der Waals surface area contributed by atoms with E-state index in [4.69, 9.17) is 9.57 Å². The van der Waals surface area contributed by atoms with E-state index in [-0.39, 0.29) is 5.91 Å². The Morgan fingerprint density at radius 3 is 2.83 bits per heavy atom. The van der Waals surface area contributed by atoms with Crippen LogP contribution in [0, 0.1) is 13.8 Å². The highest BCUT2D eigenvalue weighted by Crippen LogP contribution is 2.22. The average molecular weight is 328 g/mol. The van der Waals surface area contributed by atoms with Gasteiger partial charge in [0.15, 0.2) is 0 Å². The minimum atomic E-state index is -0.128. The van der Waals surface area contributed by atoms with Crippen molar-refractivity contribution >= 4 is 11.6 Å². The maximum atomic E-state index is 11.5. The second-order valence-corrected chi connectivity index (χ2v) is 5.69. The van der Waals surface area contributed by atoms with Crippen LogP contribution in [0.5, 0.6) is 5.75 Å². The van der Waals surface area contributed by atoms with Crippen LogP contribution in [0.25, 0.3) is 0 Å². The van der Waals surface area contributed by atoms with Crippen LogP contribution in [0.4, 0.5) is 0 Å². The Hall–Kier alpha value is -2.56. The highest BCUT2D eigenvalue weighted by atomic mass is 16.6. The van der Waals surface area contributed by atoms with Crippen LogP contribution < -0.4 is 10.1 Å². The van der Waals surface area contributed by atoms with Gasteiger partial charge in [-0.2, -0.15) is 0 Å². The summed E-state index contributed by atoms with van der Waals surface area (Å²) in [5, 5.41) is 7.01. The molecule has 1 N–H and O–H groups in total. The number of nitrogens with one attached hydrogen (secondary N) is 1. The summed E-state index contributed by atoms with van der Waals surface area (Å²) < 4.78 is 6.00. The fourth-order valence-corrected chi connectivity index (χ4v) is 2.38. The van der Waals surface area contributed by atoms with Crippen molar-refractivity contribution in [1.82, 2.24) is 5.32 Å². The molecule has 0 fully saturated rings. The monoisotopic (exact) mass is 328 g/mol. The molecule has 0 unspecified atom stereocenters. The van der Waals surface area contributed by atoms with E-state index in [0.717, 1.165) is 28.2 Å². The predicted octanol–water partition coefficient (Wildman–Crippen LogP) is 3.42. The standard InChI is InChI=1S/C19H24N2O3/c1-5-24-21-18-8-6-7-17(20-15(4)22)16(18)12-23-19-11-13(2)9-10-14(19)3/h6-7,9-11H,5,8,12H2,1-4H3,(H,20,22)/b21-18+. The van der Waals surface area contributed by atoms with Crippen molar-refractivity contribution in [2.24, 2.45) is 5.16 Å². The van der Waals surface area contributed by atoms with E-state index in [9.17, 15) is 4.79 Å². The average Bonchev–Trinajstić information content (AvgIpc) is 2.54. The van der Waals surface area contributed by atoms with Gasteiger partial charge in [-0.1, -0.05) is 23.4 Å². The summed E-state index contributed by atoms with van der Waals surface area (Å²) in [4.78, 5) is 16.7. The normalized spacial score (nSPS) is 15.6. The molecule has 5 nitrogen and oxygen atoms in total. The van der Waals surface area contributed by atoms with Gasteiger partial charge in [0, 0.05) is 24.6 Å². The van der Waals surface area contributed by atoms with Gasteiger partial charge in [-0.25, -0.2) is 0 Å². The van der Waals surface area contributed by atoms with Crippen LogP contribution in [-0.4, -0.2) is 24.8 Å². The van der Waals surface area contributed by atoms with E-state index in [1.54, 1.807) is 0 Å². The van der Waals surface area contributed by atoms with Gasteiger partial charge in [-0.3, -0.25) is 4.79 Å². The van der Waals surface area contributed by atoms with Crippen LogP contribution >= 0.6 is 0 Å². The first-order chi connectivity index (χ1) is 11.5. The molecule has 2 rings (SSSR count). The first-order valence-corrected chi connectivity index (χ1v) is 8.07. The number of nitrogens with zero attached hydrogens (tertiary/aromatic N) is 1. The first kappa shape index (κ1) is 17.8.